The highest BCUT2D eigenvalue weighted by atomic mass is 16.5. The van der Waals surface area contributed by atoms with E-state index in [0.29, 0.717) is 49.4 Å². The van der Waals surface area contributed by atoms with E-state index < -0.39 is 0 Å². The number of carbonyl (C=O) groups is 1. The molecule has 9 nitrogen and oxygen atoms in total. The number of hydrogen-bond acceptors (Lipinski definition) is 7. The number of nitrogens with one attached hydrogen (secondary N) is 1. The molecule has 4 heterocycles. The highest BCUT2D eigenvalue weighted by Crippen LogP contribution is 2.31. The number of H-pyrrole nitrogens is 1. The number of oxazole rings is 1. The second kappa shape index (κ2) is 6.33. The zero-order chi connectivity index (χ0) is 16.5. The van der Waals surface area contributed by atoms with Crippen LogP contribution in [0.5, 0.6) is 0 Å². The number of morpholine rings is 1. The lowest BCUT2D eigenvalue weighted by Crippen LogP contribution is -2.43. The van der Waals surface area contributed by atoms with Crippen LogP contribution in [0, 0.1) is 6.92 Å². The minimum atomic E-state index is -0.342. The first-order chi connectivity index (χ1) is 11.7. The predicted octanol–water partition coefficient (Wildman–Crippen LogP) is 1.17. The van der Waals surface area contributed by atoms with Crippen LogP contribution in [0.3, 0.4) is 0 Å². The van der Waals surface area contributed by atoms with Crippen LogP contribution < -0.4 is 0 Å². The fraction of sp³-hybridized carbons (Fsp3) is 0.600. The van der Waals surface area contributed by atoms with Crippen LogP contribution in [-0.2, 0) is 9.47 Å². The zero-order valence-corrected chi connectivity index (χ0v) is 13.4. The molecule has 2 aromatic heterocycles. The maximum atomic E-state index is 12.9. The van der Waals surface area contributed by atoms with E-state index in [4.69, 9.17) is 13.9 Å². The van der Waals surface area contributed by atoms with Gasteiger partial charge in [-0.2, -0.15) is 5.10 Å². The Hall–Kier alpha value is -2.26. The molecule has 1 N–H and O–H groups in total. The van der Waals surface area contributed by atoms with Crippen molar-refractivity contribution in [2.45, 2.75) is 32.0 Å². The molecule has 0 unspecified atom stereocenters. The van der Waals surface area contributed by atoms with Gasteiger partial charge in [0.25, 0.3) is 5.91 Å². The van der Waals surface area contributed by atoms with Crippen LogP contribution in [-0.4, -0.2) is 57.3 Å². The second-order valence-corrected chi connectivity index (χ2v) is 5.96. The summed E-state index contributed by atoms with van der Waals surface area (Å²) < 4.78 is 16.7. The van der Waals surface area contributed by atoms with Gasteiger partial charge in [0.1, 0.15) is 18.0 Å². The van der Waals surface area contributed by atoms with Crippen molar-refractivity contribution in [1.29, 1.82) is 0 Å². The topological polar surface area (TPSA) is 106 Å². The van der Waals surface area contributed by atoms with Crippen molar-refractivity contribution in [2.75, 3.05) is 26.3 Å². The van der Waals surface area contributed by atoms with Crippen LogP contribution in [0.2, 0.25) is 0 Å². The summed E-state index contributed by atoms with van der Waals surface area (Å²) in [6, 6.07) is 0. The Morgan fingerprint density at radius 1 is 1.33 bits per heavy atom. The summed E-state index contributed by atoms with van der Waals surface area (Å²) >= 11 is 0. The summed E-state index contributed by atoms with van der Waals surface area (Å²) in [5, 5.41) is 6.92. The first-order valence-electron chi connectivity index (χ1n) is 8.07. The number of nitrogens with zero attached hydrogens (tertiary/aromatic N) is 4. The third-order valence-corrected chi connectivity index (χ3v) is 4.28. The number of aryl methyl sites for hydroxylation is 1. The lowest BCUT2D eigenvalue weighted by atomic mass is 10.1. The van der Waals surface area contributed by atoms with Crippen molar-refractivity contribution >= 4 is 5.91 Å². The van der Waals surface area contributed by atoms with Crippen molar-refractivity contribution in [2.24, 2.45) is 0 Å². The number of carbonyl (C=O) groups excluding carboxylic acids is 1. The van der Waals surface area contributed by atoms with Gasteiger partial charge in [-0.15, -0.1) is 0 Å². The normalized spacial score (nSPS) is 24.5. The van der Waals surface area contributed by atoms with Gasteiger partial charge in [-0.1, -0.05) is 0 Å². The highest BCUT2D eigenvalue weighted by Gasteiger charge is 2.33. The van der Waals surface area contributed by atoms with Gasteiger partial charge < -0.3 is 18.8 Å². The predicted molar refractivity (Wildman–Crippen MR) is 80.1 cm³/mol. The number of rotatable bonds is 3. The SMILES string of the molecule is Cc1nc([C@H]2CN(C(=O)c3ncoc3[C@@H]3CCCO3)CCO2)n[nH]1. The molecular weight excluding hydrogens is 314 g/mol. The Morgan fingerprint density at radius 3 is 2.96 bits per heavy atom. The molecular formula is C15H19N5O4. The largest absolute Gasteiger partial charge is 0.445 e. The van der Waals surface area contributed by atoms with E-state index in [1.54, 1.807) is 4.90 Å². The van der Waals surface area contributed by atoms with Crippen molar-refractivity contribution in [3.05, 3.63) is 29.5 Å². The Balaban J connectivity index is 1.51. The van der Waals surface area contributed by atoms with Gasteiger partial charge >= 0.3 is 0 Å². The monoisotopic (exact) mass is 333 g/mol. The summed E-state index contributed by atoms with van der Waals surface area (Å²) in [5.41, 5.74) is 0.328. The summed E-state index contributed by atoms with van der Waals surface area (Å²) in [7, 11) is 0. The average molecular weight is 333 g/mol. The first-order valence-corrected chi connectivity index (χ1v) is 8.07. The number of aromatic amines is 1. The lowest BCUT2D eigenvalue weighted by molar-refractivity contribution is -0.0270. The quantitative estimate of drug-likeness (QED) is 0.898. The van der Waals surface area contributed by atoms with Gasteiger partial charge in [0.2, 0.25) is 0 Å². The molecule has 2 saturated heterocycles. The standard InChI is InChI=1S/C15H19N5O4/c1-9-17-14(19-18-9)11-7-20(4-6-23-11)15(21)12-13(24-8-16-12)10-3-2-5-22-10/h8,10-11H,2-7H2,1H3,(H,17,18,19)/t10-,11+/m0/s1. The van der Waals surface area contributed by atoms with Crippen molar-refractivity contribution in [3.8, 4) is 0 Å². The van der Waals surface area contributed by atoms with Crippen LogP contribution in [0.15, 0.2) is 10.8 Å². The molecule has 0 spiro atoms. The molecule has 128 valence electrons. The van der Waals surface area contributed by atoms with Crippen LogP contribution in [0.25, 0.3) is 0 Å². The minimum Gasteiger partial charge on any atom is -0.445 e. The molecule has 2 aromatic rings. The minimum absolute atomic E-state index is 0.171. The summed E-state index contributed by atoms with van der Waals surface area (Å²) in [5.74, 6) is 1.63. The average Bonchev–Trinajstić information content (AvgIpc) is 3.34. The van der Waals surface area contributed by atoms with Gasteiger partial charge in [0.05, 0.1) is 13.2 Å². The molecule has 4 rings (SSSR count). The van der Waals surface area contributed by atoms with E-state index in [-0.39, 0.29) is 18.1 Å². The number of ether oxygens (including phenoxy) is 2. The summed E-state index contributed by atoms with van der Waals surface area (Å²) in [4.78, 5) is 23.0. The summed E-state index contributed by atoms with van der Waals surface area (Å²) in [6.45, 7) is 3.82. The first kappa shape index (κ1) is 15.3. The number of aromatic nitrogens is 4. The number of amides is 1. The van der Waals surface area contributed by atoms with E-state index in [9.17, 15) is 4.79 Å². The molecule has 2 aliphatic rings. The smallest absolute Gasteiger partial charge is 0.276 e. The fourth-order valence-electron chi connectivity index (χ4n) is 3.07. The van der Waals surface area contributed by atoms with Gasteiger partial charge in [-0.3, -0.25) is 9.89 Å². The van der Waals surface area contributed by atoms with Gasteiger partial charge in [-0.05, 0) is 19.8 Å². The molecule has 0 aromatic carbocycles. The Kier molecular flexibility index (Phi) is 4.03. The Bertz CT molecular complexity index is 721. The third kappa shape index (κ3) is 2.80. The highest BCUT2D eigenvalue weighted by molar-refractivity contribution is 5.93. The van der Waals surface area contributed by atoms with Crippen LogP contribution in [0.4, 0.5) is 0 Å². The molecule has 2 aliphatic heterocycles. The molecule has 0 aliphatic carbocycles. The zero-order valence-electron chi connectivity index (χ0n) is 13.4. The molecule has 24 heavy (non-hydrogen) atoms. The molecule has 2 fully saturated rings. The van der Waals surface area contributed by atoms with Crippen molar-refractivity contribution in [3.63, 3.8) is 0 Å². The molecule has 9 heteroatoms. The van der Waals surface area contributed by atoms with E-state index in [2.05, 4.69) is 20.2 Å². The van der Waals surface area contributed by atoms with E-state index in [1.165, 1.54) is 6.39 Å². The fourth-order valence-corrected chi connectivity index (χ4v) is 3.07. The van der Waals surface area contributed by atoms with E-state index in [0.717, 1.165) is 12.8 Å². The third-order valence-electron chi connectivity index (χ3n) is 4.28. The molecule has 0 radical (unpaired) electrons. The summed E-state index contributed by atoms with van der Waals surface area (Å²) in [6.07, 6.45) is 2.59. The van der Waals surface area contributed by atoms with Crippen molar-refractivity contribution in [1.82, 2.24) is 25.1 Å². The van der Waals surface area contributed by atoms with Gasteiger partial charge in [0, 0.05) is 13.2 Å². The lowest BCUT2D eigenvalue weighted by Gasteiger charge is -2.31. The maximum Gasteiger partial charge on any atom is 0.276 e. The molecule has 2 atom stereocenters. The molecule has 1 amide bonds. The van der Waals surface area contributed by atoms with Crippen molar-refractivity contribution < 1.29 is 18.7 Å². The Labute approximate surface area is 138 Å². The maximum absolute atomic E-state index is 12.9. The van der Waals surface area contributed by atoms with E-state index >= 15 is 0 Å². The molecule has 0 bridgehead atoms. The van der Waals surface area contributed by atoms with E-state index in [1.807, 2.05) is 6.92 Å². The van der Waals surface area contributed by atoms with Gasteiger partial charge in [0.15, 0.2) is 23.7 Å². The van der Waals surface area contributed by atoms with Crippen LogP contribution >= 0.6 is 0 Å². The van der Waals surface area contributed by atoms with Gasteiger partial charge in [-0.25, -0.2) is 9.97 Å². The Morgan fingerprint density at radius 2 is 2.21 bits per heavy atom. The molecule has 0 saturated carbocycles. The second-order valence-electron chi connectivity index (χ2n) is 5.96. The van der Waals surface area contributed by atoms with Crippen LogP contribution in [0.1, 0.15) is 52.9 Å². The number of hydrogen-bond donors (Lipinski definition) is 1.